The van der Waals surface area contributed by atoms with Crippen molar-refractivity contribution in [3.05, 3.63) is 65.6 Å². The molecule has 0 atom stereocenters. The van der Waals surface area contributed by atoms with E-state index >= 15 is 0 Å². The number of hydrogen-bond acceptors (Lipinski definition) is 5. The molecule has 1 aromatic heterocycles. The van der Waals surface area contributed by atoms with Gasteiger partial charge in [0, 0.05) is 31.5 Å². The zero-order valence-electron chi connectivity index (χ0n) is 18.1. The van der Waals surface area contributed by atoms with Gasteiger partial charge in [-0.25, -0.2) is 0 Å². The molecule has 0 spiro atoms. The number of benzene rings is 1. The summed E-state index contributed by atoms with van der Waals surface area (Å²) in [4.78, 5) is 34.0. The van der Waals surface area contributed by atoms with Gasteiger partial charge in [-0.1, -0.05) is 12.1 Å². The number of aromatic nitrogens is 1. The molecule has 0 unspecified atom stereocenters. The van der Waals surface area contributed by atoms with Crippen LogP contribution in [0.3, 0.4) is 0 Å². The highest BCUT2D eigenvalue weighted by molar-refractivity contribution is 6.35. The van der Waals surface area contributed by atoms with Crippen molar-refractivity contribution in [1.82, 2.24) is 14.8 Å². The molecule has 0 radical (unpaired) electrons. The van der Waals surface area contributed by atoms with Gasteiger partial charge in [0.25, 0.3) is 11.8 Å². The Morgan fingerprint density at radius 3 is 2.23 bits per heavy atom. The lowest BCUT2D eigenvalue weighted by Gasteiger charge is -2.25. The minimum absolute atomic E-state index is 0.209. The van der Waals surface area contributed by atoms with E-state index in [1.54, 1.807) is 12.4 Å². The Balaban J connectivity index is 1.98. The quantitative estimate of drug-likeness (QED) is 0.595. The predicted molar refractivity (Wildman–Crippen MR) is 117 cm³/mol. The van der Waals surface area contributed by atoms with Crippen LogP contribution in [0.5, 0.6) is 5.75 Å². The molecular formula is C24H29N3O3. The van der Waals surface area contributed by atoms with Gasteiger partial charge in [-0.15, -0.1) is 0 Å². The van der Waals surface area contributed by atoms with E-state index in [1.165, 1.54) is 4.90 Å². The Morgan fingerprint density at radius 2 is 1.67 bits per heavy atom. The molecule has 1 aliphatic rings. The van der Waals surface area contributed by atoms with Gasteiger partial charge < -0.3 is 9.64 Å². The maximum Gasteiger partial charge on any atom is 0.278 e. The van der Waals surface area contributed by atoms with E-state index in [9.17, 15) is 9.59 Å². The zero-order chi connectivity index (χ0) is 21.7. The summed E-state index contributed by atoms with van der Waals surface area (Å²) >= 11 is 0. The zero-order valence-corrected chi connectivity index (χ0v) is 18.1. The van der Waals surface area contributed by atoms with Crippen LogP contribution in [0.25, 0.3) is 5.57 Å². The van der Waals surface area contributed by atoms with Gasteiger partial charge in [0.05, 0.1) is 12.2 Å². The fourth-order valence-electron chi connectivity index (χ4n) is 3.68. The number of carbonyl (C=O) groups excluding carboxylic acids is 2. The van der Waals surface area contributed by atoms with Gasteiger partial charge in [-0.3, -0.25) is 19.5 Å². The number of amides is 2. The molecule has 2 heterocycles. The summed E-state index contributed by atoms with van der Waals surface area (Å²) in [5.41, 5.74) is 2.82. The SMILES string of the molecule is CCOc1ccc(C2=C(N(CC)CCc3ccncc3)C(=O)N(C(C)C)C2=O)cc1. The topological polar surface area (TPSA) is 62.7 Å². The number of carbonyl (C=O) groups is 2. The number of hydrogen-bond donors (Lipinski definition) is 0. The van der Waals surface area contributed by atoms with Gasteiger partial charge in [-0.2, -0.15) is 0 Å². The van der Waals surface area contributed by atoms with Gasteiger partial charge in [-0.05, 0) is 69.5 Å². The summed E-state index contributed by atoms with van der Waals surface area (Å²) < 4.78 is 5.52. The van der Waals surface area contributed by atoms with E-state index in [2.05, 4.69) is 4.98 Å². The molecule has 1 aromatic carbocycles. The third-order valence-electron chi connectivity index (χ3n) is 5.18. The third kappa shape index (κ3) is 4.37. The van der Waals surface area contributed by atoms with Crippen molar-refractivity contribution in [2.75, 3.05) is 19.7 Å². The molecular weight excluding hydrogens is 378 g/mol. The smallest absolute Gasteiger partial charge is 0.278 e. The standard InChI is InChI=1S/C24H29N3O3/c1-5-26(16-13-18-11-14-25-15-12-18)22-21(23(28)27(17(3)4)24(22)29)19-7-9-20(10-8-19)30-6-2/h7-12,14-15,17H,5-6,13,16H2,1-4H3. The van der Waals surface area contributed by atoms with Crippen molar-refractivity contribution in [2.45, 2.75) is 40.2 Å². The molecule has 0 fully saturated rings. The molecule has 0 aliphatic carbocycles. The summed E-state index contributed by atoms with van der Waals surface area (Å²) in [6, 6.07) is 11.1. The van der Waals surface area contributed by atoms with E-state index in [-0.39, 0.29) is 17.9 Å². The largest absolute Gasteiger partial charge is 0.494 e. The lowest BCUT2D eigenvalue weighted by Crippen LogP contribution is -2.40. The first-order chi connectivity index (χ1) is 14.5. The van der Waals surface area contributed by atoms with Crippen molar-refractivity contribution < 1.29 is 14.3 Å². The van der Waals surface area contributed by atoms with Gasteiger partial charge in [0.15, 0.2) is 0 Å². The van der Waals surface area contributed by atoms with Crippen molar-refractivity contribution in [1.29, 1.82) is 0 Å². The summed E-state index contributed by atoms with van der Waals surface area (Å²) in [5, 5.41) is 0. The van der Waals surface area contributed by atoms with Crippen molar-refractivity contribution in [3.8, 4) is 5.75 Å². The van der Waals surface area contributed by atoms with Crippen LogP contribution in [0, 0.1) is 0 Å². The number of nitrogens with zero attached hydrogens (tertiary/aromatic N) is 3. The van der Waals surface area contributed by atoms with Crippen LogP contribution in [0.1, 0.15) is 38.8 Å². The molecule has 0 saturated carbocycles. The monoisotopic (exact) mass is 407 g/mol. The minimum atomic E-state index is -0.239. The second-order valence-electron chi connectivity index (χ2n) is 7.44. The lowest BCUT2D eigenvalue weighted by atomic mass is 10.0. The van der Waals surface area contributed by atoms with Crippen LogP contribution in [0.2, 0.25) is 0 Å². The van der Waals surface area contributed by atoms with Gasteiger partial charge >= 0.3 is 0 Å². The highest BCUT2D eigenvalue weighted by atomic mass is 16.5. The summed E-state index contributed by atoms with van der Waals surface area (Å²) in [7, 11) is 0. The first-order valence-corrected chi connectivity index (χ1v) is 10.5. The highest BCUT2D eigenvalue weighted by Gasteiger charge is 2.42. The Kier molecular flexibility index (Phi) is 6.87. The van der Waals surface area contributed by atoms with Crippen molar-refractivity contribution in [2.24, 2.45) is 0 Å². The Labute approximate surface area is 178 Å². The van der Waals surface area contributed by atoms with Crippen LogP contribution >= 0.6 is 0 Å². The molecule has 0 bridgehead atoms. The molecule has 6 nitrogen and oxygen atoms in total. The van der Waals surface area contributed by atoms with Crippen LogP contribution < -0.4 is 4.74 Å². The molecule has 0 N–H and O–H groups in total. The fourth-order valence-corrected chi connectivity index (χ4v) is 3.68. The van der Waals surface area contributed by atoms with Crippen molar-refractivity contribution >= 4 is 17.4 Å². The maximum absolute atomic E-state index is 13.3. The number of rotatable bonds is 9. The molecule has 6 heteroatoms. The molecule has 1 aliphatic heterocycles. The van der Waals surface area contributed by atoms with Gasteiger partial charge in [0.1, 0.15) is 11.4 Å². The number of likely N-dealkylation sites (N-methyl/N-ethyl adjacent to an activating group) is 1. The normalized spacial score (nSPS) is 14.1. The average Bonchev–Trinajstić information content (AvgIpc) is 3.00. The van der Waals surface area contributed by atoms with Crippen LogP contribution in [-0.4, -0.2) is 52.3 Å². The number of imide groups is 1. The molecule has 30 heavy (non-hydrogen) atoms. The molecule has 0 saturated heterocycles. The van der Waals surface area contributed by atoms with Crippen molar-refractivity contribution in [3.63, 3.8) is 0 Å². The second-order valence-corrected chi connectivity index (χ2v) is 7.44. The summed E-state index contributed by atoms with van der Waals surface area (Å²) in [5.74, 6) is 0.276. The fraction of sp³-hybridized carbons (Fsp3) is 0.375. The average molecular weight is 408 g/mol. The Bertz CT molecular complexity index is 920. The Morgan fingerprint density at radius 1 is 1.00 bits per heavy atom. The summed E-state index contributed by atoms with van der Waals surface area (Å²) in [6.45, 7) is 9.50. The first-order valence-electron chi connectivity index (χ1n) is 10.5. The number of pyridine rings is 1. The van der Waals surface area contributed by atoms with E-state index < -0.39 is 0 Å². The molecule has 2 aromatic rings. The Hall–Kier alpha value is -3.15. The predicted octanol–water partition coefficient (Wildman–Crippen LogP) is 3.53. The van der Waals surface area contributed by atoms with E-state index in [4.69, 9.17) is 4.74 Å². The molecule has 2 amide bonds. The van der Waals surface area contributed by atoms with E-state index in [1.807, 2.05) is 69.0 Å². The van der Waals surface area contributed by atoms with E-state index in [0.29, 0.717) is 31.0 Å². The van der Waals surface area contributed by atoms with Crippen LogP contribution in [0.15, 0.2) is 54.5 Å². The van der Waals surface area contributed by atoms with Crippen LogP contribution in [-0.2, 0) is 16.0 Å². The van der Waals surface area contributed by atoms with Gasteiger partial charge in [0.2, 0.25) is 0 Å². The minimum Gasteiger partial charge on any atom is -0.494 e. The first kappa shape index (κ1) is 21.6. The molecule has 3 rings (SSSR count). The number of ether oxygens (including phenoxy) is 1. The van der Waals surface area contributed by atoms with Crippen LogP contribution in [0.4, 0.5) is 0 Å². The lowest BCUT2D eigenvalue weighted by molar-refractivity contribution is -0.139. The van der Waals surface area contributed by atoms with E-state index in [0.717, 1.165) is 23.3 Å². The summed E-state index contributed by atoms with van der Waals surface area (Å²) in [6.07, 6.45) is 4.29. The third-order valence-corrected chi connectivity index (χ3v) is 5.18. The highest BCUT2D eigenvalue weighted by Crippen LogP contribution is 2.33. The molecule has 158 valence electrons. The maximum atomic E-state index is 13.3. The second kappa shape index (κ2) is 9.57.